The molecular weight excluding hydrogens is 174 g/mol. The summed E-state index contributed by atoms with van der Waals surface area (Å²) in [6.45, 7) is 0. The lowest BCUT2D eigenvalue weighted by atomic mass is 10.3. The maximum absolute atomic E-state index is 10.3. The number of carboxylic acid groups (broad SMARTS) is 1. The molecule has 0 saturated carbocycles. The van der Waals surface area contributed by atoms with Crippen LogP contribution in [0.15, 0.2) is 0 Å². The highest BCUT2D eigenvalue weighted by molar-refractivity contribution is 7.80. The van der Waals surface area contributed by atoms with Crippen molar-refractivity contribution in [3.8, 4) is 0 Å². The molecule has 0 aliphatic heterocycles. The number of carbonyl (C=O) groups is 1. The van der Waals surface area contributed by atoms with Crippen LogP contribution >= 0.6 is 25.0 Å². The number of hydrogen-bond donors (Lipinski definition) is 2. The molecule has 1 atom stereocenters. The van der Waals surface area contributed by atoms with Gasteiger partial charge in [-0.05, 0) is 14.1 Å². The van der Waals surface area contributed by atoms with E-state index in [0.717, 1.165) is 0 Å². The standard InChI is InChI=1S/C5H11NO2S.ClH/c1-6(2)4(3-9)5(7)8;/h4,9H,3H2,1-2H3,(H,7,8);1H. The number of thiol groups is 1. The molecule has 0 fully saturated rings. The fraction of sp³-hybridized carbons (Fsp3) is 0.800. The number of rotatable bonds is 3. The topological polar surface area (TPSA) is 40.5 Å². The molecule has 0 spiro atoms. The van der Waals surface area contributed by atoms with E-state index < -0.39 is 12.0 Å². The summed E-state index contributed by atoms with van der Waals surface area (Å²) in [5.41, 5.74) is 0. The number of nitrogens with zero attached hydrogens (tertiary/aromatic N) is 1. The van der Waals surface area contributed by atoms with Crippen molar-refractivity contribution >= 4 is 31.0 Å². The van der Waals surface area contributed by atoms with Gasteiger partial charge in [-0.1, -0.05) is 0 Å². The van der Waals surface area contributed by atoms with E-state index in [2.05, 4.69) is 12.6 Å². The average molecular weight is 186 g/mol. The largest absolute Gasteiger partial charge is 0.480 e. The van der Waals surface area contributed by atoms with Crippen LogP contribution in [0.25, 0.3) is 0 Å². The summed E-state index contributed by atoms with van der Waals surface area (Å²) in [5, 5.41) is 8.45. The van der Waals surface area contributed by atoms with Crippen molar-refractivity contribution in [1.29, 1.82) is 0 Å². The summed E-state index contributed by atoms with van der Waals surface area (Å²) in [6, 6.07) is -0.465. The normalized spacial score (nSPS) is 12.4. The molecule has 1 unspecified atom stereocenters. The number of hydrogen-bond acceptors (Lipinski definition) is 3. The van der Waals surface area contributed by atoms with Gasteiger partial charge < -0.3 is 5.11 Å². The smallest absolute Gasteiger partial charge is 0.321 e. The molecule has 0 rings (SSSR count). The summed E-state index contributed by atoms with van der Waals surface area (Å²) < 4.78 is 0. The highest BCUT2D eigenvalue weighted by atomic mass is 35.5. The van der Waals surface area contributed by atoms with Crippen molar-refractivity contribution in [2.24, 2.45) is 0 Å². The first-order chi connectivity index (χ1) is 4.09. The lowest BCUT2D eigenvalue weighted by molar-refractivity contribution is -0.141. The van der Waals surface area contributed by atoms with Gasteiger partial charge in [0.1, 0.15) is 6.04 Å². The monoisotopic (exact) mass is 185 g/mol. The van der Waals surface area contributed by atoms with Crippen LogP contribution in [0.4, 0.5) is 0 Å². The lowest BCUT2D eigenvalue weighted by Gasteiger charge is -2.16. The van der Waals surface area contributed by atoms with Crippen LogP contribution in [0.1, 0.15) is 0 Å². The summed E-state index contributed by atoms with van der Waals surface area (Å²) in [5.74, 6) is -0.475. The third-order valence-electron chi connectivity index (χ3n) is 1.08. The summed E-state index contributed by atoms with van der Waals surface area (Å²) in [6.07, 6.45) is 0. The van der Waals surface area contributed by atoms with Gasteiger partial charge in [0.25, 0.3) is 0 Å². The van der Waals surface area contributed by atoms with Gasteiger partial charge in [-0.2, -0.15) is 12.6 Å². The minimum atomic E-state index is -0.824. The summed E-state index contributed by atoms with van der Waals surface area (Å²) >= 11 is 3.87. The maximum Gasteiger partial charge on any atom is 0.321 e. The molecule has 0 saturated heterocycles. The molecular formula is C5H12ClNO2S. The van der Waals surface area contributed by atoms with Crippen molar-refractivity contribution in [3.63, 3.8) is 0 Å². The van der Waals surface area contributed by atoms with Crippen LogP contribution in [0.2, 0.25) is 0 Å². The molecule has 0 radical (unpaired) electrons. The van der Waals surface area contributed by atoms with Crippen LogP contribution in [0.5, 0.6) is 0 Å². The third kappa shape index (κ3) is 3.98. The van der Waals surface area contributed by atoms with Gasteiger partial charge in [0, 0.05) is 5.75 Å². The Morgan fingerprint density at radius 1 is 1.70 bits per heavy atom. The zero-order valence-electron chi connectivity index (χ0n) is 5.94. The second-order valence-corrected chi connectivity index (χ2v) is 2.37. The molecule has 0 aliphatic carbocycles. The van der Waals surface area contributed by atoms with Crippen molar-refractivity contribution in [1.82, 2.24) is 4.90 Å². The second kappa shape index (κ2) is 5.82. The van der Waals surface area contributed by atoms with E-state index in [9.17, 15) is 4.79 Å². The van der Waals surface area contributed by atoms with Crippen LogP contribution in [0, 0.1) is 0 Å². The van der Waals surface area contributed by atoms with Crippen molar-refractivity contribution < 1.29 is 9.90 Å². The van der Waals surface area contributed by atoms with E-state index >= 15 is 0 Å². The summed E-state index contributed by atoms with van der Waals surface area (Å²) in [4.78, 5) is 11.9. The van der Waals surface area contributed by atoms with Crippen LogP contribution < -0.4 is 0 Å². The van der Waals surface area contributed by atoms with Gasteiger partial charge in [-0.25, -0.2) is 0 Å². The van der Waals surface area contributed by atoms with E-state index in [1.165, 1.54) is 0 Å². The zero-order valence-corrected chi connectivity index (χ0v) is 7.65. The molecule has 3 nitrogen and oxygen atoms in total. The Kier molecular flexibility index (Phi) is 7.41. The van der Waals surface area contributed by atoms with Gasteiger partial charge >= 0.3 is 5.97 Å². The van der Waals surface area contributed by atoms with Crippen LogP contribution in [0.3, 0.4) is 0 Å². The minimum Gasteiger partial charge on any atom is -0.480 e. The molecule has 0 bridgehead atoms. The molecule has 0 aromatic carbocycles. The molecule has 0 aliphatic rings. The van der Waals surface area contributed by atoms with E-state index in [0.29, 0.717) is 5.75 Å². The van der Waals surface area contributed by atoms with Gasteiger partial charge in [0.05, 0.1) is 0 Å². The highest BCUT2D eigenvalue weighted by Gasteiger charge is 2.16. The van der Waals surface area contributed by atoms with Crippen molar-refractivity contribution in [2.75, 3.05) is 19.8 Å². The molecule has 0 aromatic heterocycles. The lowest BCUT2D eigenvalue weighted by Crippen LogP contribution is -2.37. The molecule has 0 amide bonds. The Balaban J connectivity index is 0. The number of likely N-dealkylation sites (N-methyl/N-ethyl adjacent to an activating group) is 1. The zero-order chi connectivity index (χ0) is 7.44. The minimum absolute atomic E-state index is 0. The molecule has 62 valence electrons. The molecule has 1 N–H and O–H groups in total. The molecule has 0 heterocycles. The average Bonchev–Trinajstić information content (AvgIpc) is 1.64. The number of aliphatic carboxylic acids is 1. The molecule has 10 heavy (non-hydrogen) atoms. The quantitative estimate of drug-likeness (QED) is 0.624. The maximum atomic E-state index is 10.3. The van der Waals surface area contributed by atoms with Gasteiger partial charge in [0.15, 0.2) is 0 Å². The Morgan fingerprint density at radius 2 is 2.10 bits per heavy atom. The van der Waals surface area contributed by atoms with Crippen LogP contribution in [-0.4, -0.2) is 41.9 Å². The van der Waals surface area contributed by atoms with E-state index in [4.69, 9.17) is 5.11 Å². The predicted molar refractivity (Wildman–Crippen MR) is 46.2 cm³/mol. The Bertz CT molecular complexity index is 110. The van der Waals surface area contributed by atoms with E-state index in [1.807, 2.05) is 0 Å². The SMILES string of the molecule is CN(C)C(CS)C(=O)O.Cl. The number of halogens is 1. The number of carboxylic acids is 1. The van der Waals surface area contributed by atoms with Gasteiger partial charge in [0.2, 0.25) is 0 Å². The fourth-order valence-corrected chi connectivity index (χ4v) is 0.945. The molecule has 0 aromatic rings. The highest BCUT2D eigenvalue weighted by Crippen LogP contribution is 1.94. The van der Waals surface area contributed by atoms with Crippen molar-refractivity contribution in [3.05, 3.63) is 0 Å². The van der Waals surface area contributed by atoms with Crippen molar-refractivity contribution in [2.45, 2.75) is 6.04 Å². The Labute approximate surface area is 72.2 Å². The second-order valence-electron chi connectivity index (χ2n) is 2.00. The van der Waals surface area contributed by atoms with E-state index in [-0.39, 0.29) is 12.4 Å². The predicted octanol–water partition coefficient (Wildman–Crippen LogP) is 0.353. The molecule has 5 heteroatoms. The fourth-order valence-electron chi connectivity index (χ4n) is 0.462. The van der Waals surface area contributed by atoms with Gasteiger partial charge in [-0.3, -0.25) is 9.69 Å². The summed E-state index contributed by atoms with van der Waals surface area (Å²) in [7, 11) is 3.43. The first kappa shape index (κ1) is 12.7. The first-order valence-electron chi connectivity index (χ1n) is 2.59. The Morgan fingerprint density at radius 3 is 2.10 bits per heavy atom. The Hall–Kier alpha value is 0.0700. The van der Waals surface area contributed by atoms with E-state index in [1.54, 1.807) is 19.0 Å². The van der Waals surface area contributed by atoms with Crippen LogP contribution in [-0.2, 0) is 4.79 Å². The first-order valence-corrected chi connectivity index (χ1v) is 3.23. The van der Waals surface area contributed by atoms with Gasteiger partial charge in [-0.15, -0.1) is 12.4 Å². The third-order valence-corrected chi connectivity index (χ3v) is 1.43.